The molecule has 0 bridgehead atoms. The summed E-state index contributed by atoms with van der Waals surface area (Å²) in [6, 6.07) is 4.15. The lowest BCUT2D eigenvalue weighted by atomic mass is 10.2. The zero-order valence-corrected chi connectivity index (χ0v) is 9.97. The van der Waals surface area contributed by atoms with Crippen LogP contribution in [0.4, 0.5) is 0 Å². The van der Waals surface area contributed by atoms with Crippen molar-refractivity contribution in [2.75, 3.05) is 0 Å². The molecule has 0 radical (unpaired) electrons. The van der Waals surface area contributed by atoms with Crippen LogP contribution in [0.2, 0.25) is 0 Å². The van der Waals surface area contributed by atoms with Crippen LogP contribution in [0, 0.1) is 0 Å². The van der Waals surface area contributed by atoms with Crippen LogP contribution in [0.15, 0.2) is 48.4 Å². The minimum atomic E-state index is 1.18. The third kappa shape index (κ3) is 4.24. The van der Waals surface area contributed by atoms with Crippen LogP contribution in [0.1, 0.15) is 25.6 Å². The summed E-state index contributed by atoms with van der Waals surface area (Å²) in [4.78, 5) is 1.27. The SMILES string of the molecule is C=C/C(=C\C=C/C)c1cccs1.CC. The van der Waals surface area contributed by atoms with Gasteiger partial charge in [0.05, 0.1) is 0 Å². The molecule has 0 N–H and O–H groups in total. The highest BCUT2D eigenvalue weighted by Crippen LogP contribution is 2.20. The lowest BCUT2D eigenvalue weighted by molar-refractivity contribution is 1.50. The van der Waals surface area contributed by atoms with E-state index in [1.165, 1.54) is 10.5 Å². The van der Waals surface area contributed by atoms with Crippen molar-refractivity contribution < 1.29 is 0 Å². The van der Waals surface area contributed by atoms with E-state index in [2.05, 4.69) is 24.1 Å². The van der Waals surface area contributed by atoms with Crippen molar-refractivity contribution in [2.45, 2.75) is 20.8 Å². The highest BCUT2D eigenvalue weighted by atomic mass is 32.1. The number of rotatable bonds is 3. The molecular formula is C13H18S. The predicted octanol–water partition coefficient (Wildman–Crippen LogP) is 4.92. The largest absolute Gasteiger partial charge is 0.144 e. The highest BCUT2D eigenvalue weighted by molar-refractivity contribution is 7.11. The molecule has 0 aliphatic heterocycles. The number of hydrogen-bond acceptors (Lipinski definition) is 1. The molecule has 0 saturated heterocycles. The second-order valence-electron chi connectivity index (χ2n) is 2.33. The van der Waals surface area contributed by atoms with Gasteiger partial charge in [0, 0.05) is 4.88 Å². The summed E-state index contributed by atoms with van der Waals surface area (Å²) in [6.45, 7) is 9.78. The molecule has 0 aliphatic rings. The van der Waals surface area contributed by atoms with E-state index in [4.69, 9.17) is 0 Å². The Bertz CT molecular complexity index is 289. The molecule has 0 nitrogen and oxygen atoms in total. The first-order valence-corrected chi connectivity index (χ1v) is 5.75. The molecule has 0 atom stereocenters. The van der Waals surface area contributed by atoms with Gasteiger partial charge in [0.25, 0.3) is 0 Å². The summed E-state index contributed by atoms with van der Waals surface area (Å²) in [7, 11) is 0. The van der Waals surface area contributed by atoms with Gasteiger partial charge in [-0.05, 0) is 23.9 Å². The molecule has 1 heteroatoms. The smallest absolute Gasteiger partial charge is 0.0342 e. The molecule has 0 saturated carbocycles. The topological polar surface area (TPSA) is 0 Å². The van der Waals surface area contributed by atoms with Crippen LogP contribution in [0.3, 0.4) is 0 Å². The van der Waals surface area contributed by atoms with Crippen LogP contribution in [-0.2, 0) is 0 Å². The molecule has 14 heavy (non-hydrogen) atoms. The van der Waals surface area contributed by atoms with Gasteiger partial charge in [0.15, 0.2) is 0 Å². The minimum Gasteiger partial charge on any atom is -0.144 e. The van der Waals surface area contributed by atoms with E-state index in [-0.39, 0.29) is 0 Å². The molecule has 76 valence electrons. The normalized spacial score (nSPS) is 10.9. The Morgan fingerprint density at radius 1 is 1.43 bits per heavy atom. The van der Waals surface area contributed by atoms with Crippen molar-refractivity contribution in [3.05, 3.63) is 53.3 Å². The summed E-state index contributed by atoms with van der Waals surface area (Å²) < 4.78 is 0. The Morgan fingerprint density at radius 3 is 2.57 bits per heavy atom. The van der Waals surface area contributed by atoms with E-state index in [1.807, 2.05) is 45.1 Å². The van der Waals surface area contributed by atoms with Crippen molar-refractivity contribution in [3.8, 4) is 0 Å². The van der Waals surface area contributed by atoms with E-state index in [1.54, 1.807) is 11.3 Å². The molecule has 1 aromatic heterocycles. The van der Waals surface area contributed by atoms with Gasteiger partial charge in [-0.3, -0.25) is 0 Å². The van der Waals surface area contributed by atoms with Crippen LogP contribution in [0.25, 0.3) is 5.57 Å². The Labute approximate surface area is 91.3 Å². The van der Waals surface area contributed by atoms with Crippen molar-refractivity contribution >= 4 is 16.9 Å². The fourth-order valence-electron chi connectivity index (χ4n) is 0.893. The molecule has 0 aliphatic carbocycles. The van der Waals surface area contributed by atoms with Gasteiger partial charge < -0.3 is 0 Å². The Hall–Kier alpha value is -1.08. The van der Waals surface area contributed by atoms with Gasteiger partial charge in [-0.15, -0.1) is 11.3 Å². The molecule has 0 fully saturated rings. The number of hydrogen-bond donors (Lipinski definition) is 0. The van der Waals surface area contributed by atoms with E-state index in [0.717, 1.165) is 0 Å². The lowest BCUT2D eigenvalue weighted by Gasteiger charge is -1.93. The summed E-state index contributed by atoms with van der Waals surface area (Å²) in [5.74, 6) is 0. The van der Waals surface area contributed by atoms with E-state index in [0.29, 0.717) is 0 Å². The third-order valence-electron chi connectivity index (χ3n) is 1.49. The molecule has 1 heterocycles. The summed E-state index contributed by atoms with van der Waals surface area (Å²) >= 11 is 1.73. The fraction of sp³-hybridized carbons (Fsp3) is 0.231. The summed E-state index contributed by atoms with van der Waals surface area (Å²) in [5, 5.41) is 2.07. The molecular weight excluding hydrogens is 188 g/mol. The fourth-order valence-corrected chi connectivity index (χ4v) is 1.64. The Balaban J connectivity index is 0.000000791. The van der Waals surface area contributed by atoms with Crippen LogP contribution in [-0.4, -0.2) is 0 Å². The van der Waals surface area contributed by atoms with E-state index < -0.39 is 0 Å². The average molecular weight is 206 g/mol. The second kappa shape index (κ2) is 8.52. The number of thiophene rings is 1. The molecule has 1 rings (SSSR count). The van der Waals surface area contributed by atoms with E-state index >= 15 is 0 Å². The van der Waals surface area contributed by atoms with Gasteiger partial charge in [-0.1, -0.05) is 50.8 Å². The maximum absolute atomic E-state index is 3.77. The Morgan fingerprint density at radius 2 is 2.14 bits per heavy atom. The van der Waals surface area contributed by atoms with Crippen LogP contribution in [0.5, 0.6) is 0 Å². The van der Waals surface area contributed by atoms with Crippen molar-refractivity contribution in [3.63, 3.8) is 0 Å². The molecule has 0 unspecified atom stereocenters. The molecule has 0 aromatic carbocycles. The molecule has 1 aromatic rings. The van der Waals surface area contributed by atoms with E-state index in [9.17, 15) is 0 Å². The third-order valence-corrected chi connectivity index (χ3v) is 2.41. The van der Waals surface area contributed by atoms with Crippen LogP contribution < -0.4 is 0 Å². The lowest BCUT2D eigenvalue weighted by Crippen LogP contribution is -1.70. The van der Waals surface area contributed by atoms with Crippen molar-refractivity contribution in [1.29, 1.82) is 0 Å². The highest BCUT2D eigenvalue weighted by Gasteiger charge is 1.94. The first kappa shape index (κ1) is 12.9. The first-order valence-electron chi connectivity index (χ1n) is 4.87. The van der Waals surface area contributed by atoms with Crippen molar-refractivity contribution in [2.24, 2.45) is 0 Å². The predicted molar refractivity (Wildman–Crippen MR) is 68.7 cm³/mol. The summed E-state index contributed by atoms with van der Waals surface area (Å²) in [6.07, 6.45) is 7.98. The zero-order valence-electron chi connectivity index (χ0n) is 9.16. The first-order chi connectivity index (χ1) is 6.88. The van der Waals surface area contributed by atoms with Gasteiger partial charge in [0.2, 0.25) is 0 Å². The van der Waals surface area contributed by atoms with Gasteiger partial charge in [0.1, 0.15) is 0 Å². The molecule has 0 spiro atoms. The standard InChI is InChI=1S/C11H12S.C2H6/c1-3-5-7-10(4-2)11-8-6-9-12-11;1-2/h3-9H,2H2,1H3;1-2H3/b5-3-,10-7+;. The number of allylic oxidation sites excluding steroid dienone is 5. The molecule has 0 amide bonds. The minimum absolute atomic E-state index is 1.18. The maximum atomic E-state index is 3.77. The van der Waals surface area contributed by atoms with Crippen LogP contribution >= 0.6 is 11.3 Å². The average Bonchev–Trinajstić information content (AvgIpc) is 2.76. The Kier molecular flexibility index (Phi) is 7.86. The second-order valence-corrected chi connectivity index (χ2v) is 3.28. The monoisotopic (exact) mass is 206 g/mol. The van der Waals surface area contributed by atoms with Gasteiger partial charge in [-0.2, -0.15) is 0 Å². The maximum Gasteiger partial charge on any atom is 0.0342 e. The van der Waals surface area contributed by atoms with Gasteiger partial charge in [-0.25, -0.2) is 0 Å². The van der Waals surface area contributed by atoms with Gasteiger partial charge >= 0.3 is 0 Å². The zero-order chi connectivity index (χ0) is 10.8. The van der Waals surface area contributed by atoms with Crippen molar-refractivity contribution in [1.82, 2.24) is 0 Å². The summed E-state index contributed by atoms with van der Waals surface area (Å²) in [5.41, 5.74) is 1.18. The quantitative estimate of drug-likeness (QED) is 0.616.